The lowest BCUT2D eigenvalue weighted by molar-refractivity contribution is -0.105. The molecule has 0 bridgehead atoms. The van der Waals surface area contributed by atoms with Crippen molar-refractivity contribution < 1.29 is 19.4 Å². The highest BCUT2D eigenvalue weighted by atomic mass is 16.7. The molecule has 1 aliphatic heterocycles. The fourth-order valence-corrected chi connectivity index (χ4v) is 2.81. The molecular formula is C14H16O4. The van der Waals surface area contributed by atoms with Gasteiger partial charge in [-0.2, -0.15) is 0 Å². The zero-order valence-electron chi connectivity index (χ0n) is 10.4. The first-order chi connectivity index (χ1) is 8.61. The monoisotopic (exact) mass is 248 g/mol. The standard InChI is InChI=1S/C14H16O4/c1-9-10(13(15)16)5-6-11-12(9)18-14(17-11)7-3-2-4-8-14/h5-6H,2-4,7-8H2,1H3,(H,15,16). The quantitative estimate of drug-likeness (QED) is 0.829. The molecular weight excluding hydrogens is 232 g/mol. The smallest absolute Gasteiger partial charge is 0.336 e. The van der Waals surface area contributed by atoms with E-state index >= 15 is 0 Å². The Morgan fingerprint density at radius 3 is 2.61 bits per heavy atom. The zero-order chi connectivity index (χ0) is 12.8. The van der Waals surface area contributed by atoms with Crippen LogP contribution in [0.15, 0.2) is 12.1 Å². The Morgan fingerprint density at radius 1 is 1.22 bits per heavy atom. The molecule has 4 nitrogen and oxygen atoms in total. The maximum atomic E-state index is 11.1. The van der Waals surface area contributed by atoms with Crippen molar-refractivity contribution in [2.75, 3.05) is 0 Å². The lowest BCUT2D eigenvalue weighted by Crippen LogP contribution is -2.40. The van der Waals surface area contributed by atoms with Crippen molar-refractivity contribution in [1.82, 2.24) is 0 Å². The summed E-state index contributed by atoms with van der Waals surface area (Å²) in [5, 5.41) is 9.10. The van der Waals surface area contributed by atoms with Crippen molar-refractivity contribution in [2.45, 2.75) is 44.8 Å². The van der Waals surface area contributed by atoms with Gasteiger partial charge in [-0.05, 0) is 31.9 Å². The third-order valence-corrected chi connectivity index (χ3v) is 3.80. The molecule has 0 amide bonds. The Bertz CT molecular complexity index is 501. The summed E-state index contributed by atoms with van der Waals surface area (Å²) in [6.07, 6.45) is 5.16. The van der Waals surface area contributed by atoms with Crippen molar-refractivity contribution in [1.29, 1.82) is 0 Å². The van der Waals surface area contributed by atoms with Gasteiger partial charge in [0.25, 0.3) is 5.79 Å². The fourth-order valence-electron chi connectivity index (χ4n) is 2.81. The Morgan fingerprint density at radius 2 is 1.94 bits per heavy atom. The first-order valence-corrected chi connectivity index (χ1v) is 6.36. The van der Waals surface area contributed by atoms with Crippen LogP contribution in [0, 0.1) is 6.92 Å². The van der Waals surface area contributed by atoms with E-state index in [1.807, 2.05) is 0 Å². The summed E-state index contributed by atoms with van der Waals surface area (Å²) in [6.45, 7) is 1.77. The molecule has 1 spiro atoms. The molecule has 0 saturated heterocycles. The van der Waals surface area contributed by atoms with Crippen molar-refractivity contribution >= 4 is 5.97 Å². The molecule has 0 unspecified atom stereocenters. The minimum absolute atomic E-state index is 0.283. The minimum Gasteiger partial charge on any atom is -0.478 e. The molecule has 0 atom stereocenters. The second-order valence-electron chi connectivity index (χ2n) is 5.05. The van der Waals surface area contributed by atoms with Crippen LogP contribution in [0.25, 0.3) is 0 Å². The van der Waals surface area contributed by atoms with Crippen LogP contribution in [-0.4, -0.2) is 16.9 Å². The average Bonchev–Trinajstić information content (AvgIpc) is 2.69. The summed E-state index contributed by atoms with van der Waals surface area (Å²) in [7, 11) is 0. The lowest BCUT2D eigenvalue weighted by atomic mass is 9.94. The summed E-state index contributed by atoms with van der Waals surface area (Å²) < 4.78 is 11.9. The molecule has 96 valence electrons. The van der Waals surface area contributed by atoms with E-state index in [1.54, 1.807) is 19.1 Å². The SMILES string of the molecule is Cc1c(C(=O)O)ccc2c1OC1(CCCCC1)O2. The number of hydrogen-bond donors (Lipinski definition) is 1. The molecule has 0 aromatic heterocycles. The predicted octanol–water partition coefficient (Wildman–Crippen LogP) is 3.12. The highest BCUT2D eigenvalue weighted by Crippen LogP contribution is 2.47. The molecule has 3 rings (SSSR count). The first-order valence-electron chi connectivity index (χ1n) is 6.36. The van der Waals surface area contributed by atoms with Gasteiger partial charge in [-0.1, -0.05) is 6.42 Å². The van der Waals surface area contributed by atoms with Gasteiger partial charge in [-0.25, -0.2) is 4.79 Å². The number of fused-ring (bicyclic) bond motifs is 1. The molecule has 0 radical (unpaired) electrons. The van der Waals surface area contributed by atoms with E-state index in [1.165, 1.54) is 6.42 Å². The second kappa shape index (κ2) is 3.90. The van der Waals surface area contributed by atoms with Gasteiger partial charge in [0.2, 0.25) is 0 Å². The van der Waals surface area contributed by atoms with E-state index in [0.29, 0.717) is 17.1 Å². The third-order valence-electron chi connectivity index (χ3n) is 3.80. The fraction of sp³-hybridized carbons (Fsp3) is 0.500. The molecule has 1 aromatic rings. The van der Waals surface area contributed by atoms with Crippen LogP contribution in [0.3, 0.4) is 0 Å². The second-order valence-corrected chi connectivity index (χ2v) is 5.05. The van der Waals surface area contributed by atoms with Gasteiger partial charge in [0.05, 0.1) is 5.56 Å². The van der Waals surface area contributed by atoms with Crippen molar-refractivity contribution in [2.24, 2.45) is 0 Å². The highest BCUT2D eigenvalue weighted by molar-refractivity contribution is 5.90. The van der Waals surface area contributed by atoms with Crippen LogP contribution in [-0.2, 0) is 0 Å². The Labute approximate surface area is 106 Å². The minimum atomic E-state index is -0.927. The number of hydrogen-bond acceptors (Lipinski definition) is 3. The summed E-state index contributed by atoms with van der Waals surface area (Å²) >= 11 is 0. The third kappa shape index (κ3) is 1.64. The van der Waals surface area contributed by atoms with Gasteiger partial charge < -0.3 is 14.6 Å². The number of carboxylic acids is 1. The number of carboxylic acid groups (broad SMARTS) is 1. The number of aromatic carboxylic acids is 1. The molecule has 1 N–H and O–H groups in total. The van der Waals surface area contributed by atoms with Gasteiger partial charge in [-0.3, -0.25) is 0 Å². The number of ether oxygens (including phenoxy) is 2. The normalized spacial score (nSPS) is 20.1. The summed E-state index contributed by atoms with van der Waals surface area (Å²) in [5.74, 6) is -0.178. The Kier molecular flexibility index (Phi) is 2.47. The first kappa shape index (κ1) is 11.4. The predicted molar refractivity (Wildman–Crippen MR) is 65.2 cm³/mol. The Balaban J connectivity index is 1.98. The average molecular weight is 248 g/mol. The number of rotatable bonds is 1. The van der Waals surface area contributed by atoms with Gasteiger partial charge in [0.1, 0.15) is 0 Å². The molecule has 1 saturated carbocycles. The molecule has 1 aromatic carbocycles. The molecule has 1 heterocycles. The van der Waals surface area contributed by atoms with E-state index in [2.05, 4.69) is 0 Å². The van der Waals surface area contributed by atoms with E-state index in [4.69, 9.17) is 14.6 Å². The Hall–Kier alpha value is -1.71. The number of benzene rings is 1. The van der Waals surface area contributed by atoms with Crippen LogP contribution in [0.5, 0.6) is 11.5 Å². The molecule has 2 aliphatic rings. The van der Waals surface area contributed by atoms with E-state index in [-0.39, 0.29) is 5.56 Å². The van der Waals surface area contributed by atoms with Crippen LogP contribution in [0.4, 0.5) is 0 Å². The van der Waals surface area contributed by atoms with Crippen LogP contribution < -0.4 is 9.47 Å². The zero-order valence-corrected chi connectivity index (χ0v) is 10.4. The molecule has 1 aliphatic carbocycles. The van der Waals surface area contributed by atoms with E-state index in [0.717, 1.165) is 25.7 Å². The van der Waals surface area contributed by atoms with Crippen molar-refractivity contribution in [3.63, 3.8) is 0 Å². The number of carbonyl (C=O) groups is 1. The van der Waals surface area contributed by atoms with Crippen molar-refractivity contribution in [3.05, 3.63) is 23.3 Å². The topological polar surface area (TPSA) is 55.8 Å². The van der Waals surface area contributed by atoms with Crippen LogP contribution >= 0.6 is 0 Å². The van der Waals surface area contributed by atoms with Gasteiger partial charge >= 0.3 is 5.97 Å². The van der Waals surface area contributed by atoms with Gasteiger partial charge in [-0.15, -0.1) is 0 Å². The summed E-state index contributed by atoms with van der Waals surface area (Å²) in [5.41, 5.74) is 0.938. The molecule has 1 fully saturated rings. The molecule has 18 heavy (non-hydrogen) atoms. The van der Waals surface area contributed by atoms with E-state index < -0.39 is 11.8 Å². The van der Waals surface area contributed by atoms with E-state index in [9.17, 15) is 4.79 Å². The maximum absolute atomic E-state index is 11.1. The van der Waals surface area contributed by atoms with Gasteiger partial charge in [0, 0.05) is 18.4 Å². The van der Waals surface area contributed by atoms with Crippen LogP contribution in [0.2, 0.25) is 0 Å². The van der Waals surface area contributed by atoms with Crippen LogP contribution in [0.1, 0.15) is 48.0 Å². The molecule has 4 heteroatoms. The maximum Gasteiger partial charge on any atom is 0.336 e. The highest BCUT2D eigenvalue weighted by Gasteiger charge is 2.43. The van der Waals surface area contributed by atoms with Gasteiger partial charge in [0.15, 0.2) is 11.5 Å². The summed E-state index contributed by atoms with van der Waals surface area (Å²) in [6, 6.07) is 3.29. The summed E-state index contributed by atoms with van der Waals surface area (Å²) in [4.78, 5) is 11.1. The van der Waals surface area contributed by atoms with Crippen molar-refractivity contribution in [3.8, 4) is 11.5 Å². The largest absolute Gasteiger partial charge is 0.478 e. The lowest BCUT2D eigenvalue weighted by Gasteiger charge is -2.31.